The van der Waals surface area contributed by atoms with E-state index in [2.05, 4.69) is 48.3 Å². The smallest absolute Gasteiger partial charge is 0.0399 e. The summed E-state index contributed by atoms with van der Waals surface area (Å²) in [6.45, 7) is 6.76. The second-order valence-corrected chi connectivity index (χ2v) is 5.29. The lowest BCUT2D eigenvalue weighted by atomic mass is 9.98. The highest BCUT2D eigenvalue weighted by Gasteiger charge is 2.23. The second kappa shape index (κ2) is 4.46. The van der Waals surface area contributed by atoms with E-state index in [1.54, 1.807) is 0 Å². The van der Waals surface area contributed by atoms with Crippen molar-refractivity contribution in [3.05, 3.63) is 29.8 Å². The van der Waals surface area contributed by atoms with Gasteiger partial charge in [0.1, 0.15) is 0 Å². The maximum absolute atomic E-state index is 3.38. The first-order chi connectivity index (χ1) is 7.62. The Hall–Kier alpha value is -1.02. The van der Waals surface area contributed by atoms with Crippen molar-refractivity contribution in [3.63, 3.8) is 0 Å². The Morgan fingerprint density at radius 2 is 2.06 bits per heavy atom. The molecule has 1 aromatic carbocycles. The van der Waals surface area contributed by atoms with Gasteiger partial charge in [-0.1, -0.05) is 18.2 Å². The van der Waals surface area contributed by atoms with Crippen LogP contribution in [-0.2, 0) is 6.42 Å². The number of likely N-dealkylation sites (N-methyl/N-ethyl adjacent to an activating group) is 1. The van der Waals surface area contributed by atoms with Gasteiger partial charge >= 0.3 is 0 Å². The minimum atomic E-state index is 0.171. The Morgan fingerprint density at radius 3 is 2.81 bits per heavy atom. The molecule has 1 aromatic rings. The molecule has 0 radical (unpaired) electrons. The number of rotatable bonds is 3. The molecule has 0 fully saturated rings. The van der Waals surface area contributed by atoms with Crippen molar-refractivity contribution >= 4 is 5.69 Å². The minimum absolute atomic E-state index is 0.171. The molecule has 0 amide bonds. The molecule has 0 saturated heterocycles. The molecule has 1 heterocycles. The van der Waals surface area contributed by atoms with Gasteiger partial charge < -0.3 is 10.2 Å². The number of hydrogen-bond donors (Lipinski definition) is 1. The first kappa shape index (κ1) is 11.5. The maximum atomic E-state index is 3.38. The Labute approximate surface area is 98.7 Å². The summed E-state index contributed by atoms with van der Waals surface area (Å²) in [4.78, 5) is 2.51. The molecule has 0 bridgehead atoms. The van der Waals surface area contributed by atoms with E-state index in [1.165, 1.54) is 30.6 Å². The van der Waals surface area contributed by atoms with Gasteiger partial charge in [-0.3, -0.25) is 0 Å². The predicted octanol–water partition coefficient (Wildman–Crippen LogP) is 2.44. The van der Waals surface area contributed by atoms with Crippen molar-refractivity contribution in [2.75, 3.05) is 25.0 Å². The molecule has 16 heavy (non-hydrogen) atoms. The van der Waals surface area contributed by atoms with Gasteiger partial charge in [-0.15, -0.1) is 0 Å². The van der Waals surface area contributed by atoms with Gasteiger partial charge in [-0.2, -0.15) is 0 Å². The third-order valence-corrected chi connectivity index (χ3v) is 3.47. The average molecular weight is 218 g/mol. The van der Waals surface area contributed by atoms with Crippen LogP contribution in [0.3, 0.4) is 0 Å². The normalized spacial score (nSPS) is 16.1. The molecule has 0 atom stereocenters. The second-order valence-electron chi connectivity index (χ2n) is 5.29. The van der Waals surface area contributed by atoms with Crippen LogP contribution in [-0.4, -0.2) is 25.7 Å². The van der Waals surface area contributed by atoms with Crippen LogP contribution in [0.2, 0.25) is 0 Å². The van der Waals surface area contributed by atoms with E-state index in [0.29, 0.717) is 0 Å². The van der Waals surface area contributed by atoms with E-state index in [-0.39, 0.29) is 5.54 Å². The quantitative estimate of drug-likeness (QED) is 0.838. The van der Waals surface area contributed by atoms with Crippen LogP contribution in [0.15, 0.2) is 24.3 Å². The number of hydrogen-bond acceptors (Lipinski definition) is 2. The Bertz CT molecular complexity index is 358. The summed E-state index contributed by atoms with van der Waals surface area (Å²) in [6, 6.07) is 8.79. The number of nitrogens with zero attached hydrogens (tertiary/aromatic N) is 1. The fraction of sp³-hybridized carbons (Fsp3) is 0.571. The standard InChI is InChI=1S/C14H22N2/c1-14(2,15-3)11-16-10-6-8-12-7-4-5-9-13(12)16/h4-5,7,9,15H,6,8,10-11H2,1-3H3. The lowest BCUT2D eigenvalue weighted by molar-refractivity contribution is 0.416. The summed E-state index contributed by atoms with van der Waals surface area (Å²) >= 11 is 0. The van der Waals surface area contributed by atoms with Gasteiger partial charge in [0.15, 0.2) is 0 Å². The molecule has 2 rings (SSSR count). The molecule has 2 nitrogen and oxygen atoms in total. The third-order valence-electron chi connectivity index (χ3n) is 3.47. The fourth-order valence-corrected chi connectivity index (χ4v) is 2.33. The van der Waals surface area contributed by atoms with E-state index in [1.807, 2.05) is 7.05 Å². The molecular weight excluding hydrogens is 196 g/mol. The number of para-hydroxylation sites is 1. The van der Waals surface area contributed by atoms with Gasteiger partial charge in [-0.25, -0.2) is 0 Å². The Kier molecular flexibility index (Phi) is 3.20. The van der Waals surface area contributed by atoms with Gasteiger partial charge in [0.05, 0.1) is 0 Å². The molecular formula is C14H22N2. The SMILES string of the molecule is CNC(C)(C)CN1CCCc2ccccc21. The van der Waals surface area contributed by atoms with Crippen LogP contribution >= 0.6 is 0 Å². The third kappa shape index (κ3) is 2.38. The van der Waals surface area contributed by atoms with Crippen LogP contribution in [0, 0.1) is 0 Å². The first-order valence-electron chi connectivity index (χ1n) is 6.14. The molecule has 2 heteroatoms. The zero-order valence-corrected chi connectivity index (χ0v) is 10.6. The zero-order valence-electron chi connectivity index (χ0n) is 10.6. The first-order valence-corrected chi connectivity index (χ1v) is 6.14. The summed E-state index contributed by atoms with van der Waals surface area (Å²) < 4.78 is 0. The van der Waals surface area contributed by atoms with Gasteiger partial charge in [-0.05, 0) is 45.4 Å². The summed E-state index contributed by atoms with van der Waals surface area (Å²) in [5, 5.41) is 3.38. The van der Waals surface area contributed by atoms with Gasteiger partial charge in [0.2, 0.25) is 0 Å². The van der Waals surface area contributed by atoms with Crippen molar-refractivity contribution in [3.8, 4) is 0 Å². The predicted molar refractivity (Wildman–Crippen MR) is 70.1 cm³/mol. The number of aryl methyl sites for hydroxylation is 1. The average Bonchev–Trinajstić information content (AvgIpc) is 2.29. The van der Waals surface area contributed by atoms with E-state index in [4.69, 9.17) is 0 Å². The zero-order chi connectivity index (χ0) is 11.6. The van der Waals surface area contributed by atoms with E-state index >= 15 is 0 Å². The Balaban J connectivity index is 2.19. The number of fused-ring (bicyclic) bond motifs is 1. The minimum Gasteiger partial charge on any atom is -0.369 e. The molecule has 0 aliphatic carbocycles. The van der Waals surface area contributed by atoms with Crippen LogP contribution in [0.4, 0.5) is 5.69 Å². The molecule has 0 spiro atoms. The van der Waals surface area contributed by atoms with Crippen LogP contribution in [0.1, 0.15) is 25.8 Å². The Morgan fingerprint density at radius 1 is 1.31 bits per heavy atom. The van der Waals surface area contributed by atoms with E-state index in [0.717, 1.165) is 6.54 Å². The monoisotopic (exact) mass is 218 g/mol. The van der Waals surface area contributed by atoms with Crippen LogP contribution < -0.4 is 10.2 Å². The van der Waals surface area contributed by atoms with Crippen molar-refractivity contribution in [1.82, 2.24) is 5.32 Å². The molecule has 1 aliphatic heterocycles. The van der Waals surface area contributed by atoms with Crippen LogP contribution in [0.25, 0.3) is 0 Å². The lowest BCUT2D eigenvalue weighted by Gasteiger charge is -2.37. The molecule has 88 valence electrons. The van der Waals surface area contributed by atoms with Gasteiger partial charge in [0.25, 0.3) is 0 Å². The van der Waals surface area contributed by atoms with Crippen molar-refractivity contribution in [2.24, 2.45) is 0 Å². The highest BCUT2D eigenvalue weighted by molar-refractivity contribution is 5.55. The highest BCUT2D eigenvalue weighted by atomic mass is 15.2. The van der Waals surface area contributed by atoms with E-state index < -0.39 is 0 Å². The largest absolute Gasteiger partial charge is 0.369 e. The number of anilines is 1. The number of benzene rings is 1. The number of nitrogens with one attached hydrogen (secondary N) is 1. The summed E-state index contributed by atoms with van der Waals surface area (Å²) in [6.07, 6.45) is 2.50. The van der Waals surface area contributed by atoms with Crippen molar-refractivity contribution in [2.45, 2.75) is 32.2 Å². The van der Waals surface area contributed by atoms with Gasteiger partial charge in [0, 0.05) is 24.3 Å². The molecule has 1 aliphatic rings. The fourth-order valence-electron chi connectivity index (χ4n) is 2.33. The molecule has 0 aromatic heterocycles. The topological polar surface area (TPSA) is 15.3 Å². The van der Waals surface area contributed by atoms with Crippen molar-refractivity contribution < 1.29 is 0 Å². The molecule has 0 unspecified atom stereocenters. The van der Waals surface area contributed by atoms with Crippen molar-refractivity contribution in [1.29, 1.82) is 0 Å². The summed E-state index contributed by atoms with van der Waals surface area (Å²) in [7, 11) is 2.04. The van der Waals surface area contributed by atoms with E-state index in [9.17, 15) is 0 Å². The molecule has 1 N–H and O–H groups in total. The molecule has 0 saturated carbocycles. The van der Waals surface area contributed by atoms with Crippen LogP contribution in [0.5, 0.6) is 0 Å². The lowest BCUT2D eigenvalue weighted by Crippen LogP contribution is -2.48. The highest BCUT2D eigenvalue weighted by Crippen LogP contribution is 2.27. The summed E-state index contributed by atoms with van der Waals surface area (Å²) in [5.74, 6) is 0. The maximum Gasteiger partial charge on any atom is 0.0399 e. The summed E-state index contributed by atoms with van der Waals surface area (Å²) in [5.41, 5.74) is 3.10.